The molecule has 0 radical (unpaired) electrons. The van der Waals surface area contributed by atoms with Gasteiger partial charge in [0, 0.05) is 49.6 Å². The van der Waals surface area contributed by atoms with E-state index < -0.39 is 6.18 Å². The number of nitrogens with zero attached hydrogens (tertiary/aromatic N) is 2. The number of carbonyl (C=O) groups is 1. The van der Waals surface area contributed by atoms with Crippen LogP contribution in [0.2, 0.25) is 0 Å². The quantitative estimate of drug-likeness (QED) is 0.264. The van der Waals surface area contributed by atoms with Gasteiger partial charge >= 0.3 is 6.18 Å². The molecule has 1 aliphatic heterocycles. The van der Waals surface area contributed by atoms with Crippen molar-refractivity contribution in [3.8, 4) is 0 Å². The number of pyridine rings is 1. The second-order valence-corrected chi connectivity index (χ2v) is 10.5. The summed E-state index contributed by atoms with van der Waals surface area (Å²) in [5.74, 6) is 1.05. The predicted molar refractivity (Wildman–Crippen MR) is 177 cm³/mol. The van der Waals surface area contributed by atoms with Gasteiger partial charge < -0.3 is 15.3 Å². The lowest BCUT2D eigenvalue weighted by molar-refractivity contribution is -0.114. The summed E-state index contributed by atoms with van der Waals surface area (Å²) in [5.41, 5.74) is 6.02. The van der Waals surface area contributed by atoms with Crippen LogP contribution in [0.4, 0.5) is 30.4 Å². The molecule has 1 saturated heterocycles. The third-order valence-corrected chi connectivity index (χ3v) is 6.43. The van der Waals surface area contributed by atoms with Crippen LogP contribution in [0.5, 0.6) is 0 Å². The van der Waals surface area contributed by atoms with Gasteiger partial charge in [0.15, 0.2) is 5.78 Å². The summed E-state index contributed by atoms with van der Waals surface area (Å²) in [6, 6.07) is 10.5. The van der Waals surface area contributed by atoms with Crippen molar-refractivity contribution in [2.45, 2.75) is 112 Å². The Balaban J connectivity index is 0.000000908. The predicted octanol–water partition coefficient (Wildman–Crippen LogP) is 10.2. The molecule has 5 nitrogen and oxygen atoms in total. The number of carbonyl (C=O) groups excluding carboxylic acids is 1. The van der Waals surface area contributed by atoms with Crippen molar-refractivity contribution in [3.05, 3.63) is 66.4 Å². The number of alkyl halides is 3. The first-order chi connectivity index (χ1) is 20.3. The summed E-state index contributed by atoms with van der Waals surface area (Å²) >= 11 is 0. The number of anilines is 3. The van der Waals surface area contributed by atoms with Crippen LogP contribution in [-0.2, 0) is 4.79 Å². The molecule has 1 aromatic heterocycles. The molecule has 1 aromatic carbocycles. The van der Waals surface area contributed by atoms with E-state index in [1.165, 1.54) is 41.3 Å². The van der Waals surface area contributed by atoms with E-state index >= 15 is 0 Å². The molecule has 0 saturated carbocycles. The smallest absolute Gasteiger partial charge is 0.386 e. The molecule has 2 heterocycles. The minimum Gasteiger partial charge on any atom is -0.393 e. The highest BCUT2D eigenvalue weighted by molar-refractivity contribution is 5.89. The van der Waals surface area contributed by atoms with Crippen molar-refractivity contribution in [3.63, 3.8) is 0 Å². The van der Waals surface area contributed by atoms with Gasteiger partial charge in [-0.15, -0.1) is 0 Å². The Labute approximate surface area is 258 Å². The molecule has 1 aliphatic rings. The van der Waals surface area contributed by atoms with Gasteiger partial charge in [0.2, 0.25) is 0 Å². The van der Waals surface area contributed by atoms with Crippen LogP contribution >= 0.6 is 0 Å². The summed E-state index contributed by atoms with van der Waals surface area (Å²) in [6.07, 6.45) is 9.19. The summed E-state index contributed by atoms with van der Waals surface area (Å²) in [5, 5.41) is 13.4. The number of benzene rings is 1. The number of hydrogen-bond acceptors (Lipinski definition) is 5. The first-order valence-electron chi connectivity index (χ1n) is 15.5. The normalized spacial score (nSPS) is 13.4. The number of rotatable bonds is 10. The van der Waals surface area contributed by atoms with Crippen molar-refractivity contribution in [2.75, 3.05) is 23.3 Å². The van der Waals surface area contributed by atoms with E-state index in [0.717, 1.165) is 56.7 Å². The third kappa shape index (κ3) is 18.2. The number of nitrogens with one attached hydrogen (secondary N) is 1. The summed E-state index contributed by atoms with van der Waals surface area (Å²) in [4.78, 5) is 17.4. The summed E-state index contributed by atoms with van der Waals surface area (Å²) < 4.78 is 31.1. The van der Waals surface area contributed by atoms with Gasteiger partial charge in [-0.2, -0.15) is 13.2 Å². The lowest BCUT2D eigenvalue weighted by Crippen LogP contribution is -2.36. The Kier molecular flexibility index (Phi) is 20.8. The average Bonchev–Trinajstić information content (AvgIpc) is 2.97. The van der Waals surface area contributed by atoms with Crippen LogP contribution in [-0.4, -0.2) is 41.2 Å². The highest BCUT2D eigenvalue weighted by atomic mass is 19.4. The molecule has 0 bridgehead atoms. The summed E-state index contributed by atoms with van der Waals surface area (Å²) in [7, 11) is 0. The van der Waals surface area contributed by atoms with Crippen LogP contribution in [0.1, 0.15) is 104 Å². The highest BCUT2D eigenvalue weighted by Crippen LogP contribution is 2.37. The first-order valence-corrected chi connectivity index (χ1v) is 15.5. The van der Waals surface area contributed by atoms with Crippen molar-refractivity contribution in [1.82, 2.24) is 4.98 Å². The van der Waals surface area contributed by atoms with E-state index in [2.05, 4.69) is 92.8 Å². The maximum Gasteiger partial charge on any atom is 0.386 e. The summed E-state index contributed by atoms with van der Waals surface area (Å²) in [6.45, 7) is 18.1. The molecular formula is C35H54F3N3O2. The Hall–Kier alpha value is -3.13. The first kappa shape index (κ1) is 39.9. The molecule has 2 aromatic rings. The van der Waals surface area contributed by atoms with E-state index in [9.17, 15) is 23.1 Å². The molecule has 8 heteroatoms. The van der Waals surface area contributed by atoms with E-state index in [-0.39, 0.29) is 18.8 Å². The maximum atomic E-state index is 10.4. The number of ketones is 1. The fraction of sp³-hybridized carbons (Fsp3) is 0.543. The number of allylic oxidation sites excluding steroid dienone is 3. The van der Waals surface area contributed by atoms with Crippen LogP contribution in [0, 0.1) is 6.92 Å². The van der Waals surface area contributed by atoms with E-state index in [0.29, 0.717) is 6.42 Å². The minimum absolute atomic E-state index is 0.141. The molecule has 0 aliphatic carbocycles. The zero-order chi connectivity index (χ0) is 32.8. The van der Waals surface area contributed by atoms with Gasteiger partial charge in [-0.05, 0) is 68.9 Å². The lowest BCUT2D eigenvalue weighted by Gasteiger charge is -2.33. The fourth-order valence-electron chi connectivity index (χ4n) is 4.02. The number of aryl methyl sites for hydroxylation is 1. The number of halogens is 3. The lowest BCUT2D eigenvalue weighted by atomic mass is 9.98. The maximum absolute atomic E-state index is 10.4. The Morgan fingerprint density at radius 2 is 1.60 bits per heavy atom. The van der Waals surface area contributed by atoms with E-state index in [1.807, 2.05) is 13.1 Å². The van der Waals surface area contributed by atoms with Gasteiger partial charge in [-0.1, -0.05) is 77.8 Å². The number of piperidine rings is 1. The monoisotopic (exact) mass is 605 g/mol. The largest absolute Gasteiger partial charge is 0.393 e. The zero-order valence-corrected chi connectivity index (χ0v) is 27.4. The van der Waals surface area contributed by atoms with Crippen molar-refractivity contribution < 1.29 is 23.1 Å². The molecule has 43 heavy (non-hydrogen) atoms. The number of hydrogen-bond donors (Lipinski definition) is 2. The molecule has 0 spiro atoms. The van der Waals surface area contributed by atoms with Crippen molar-refractivity contribution in [1.29, 1.82) is 0 Å². The molecular weight excluding hydrogens is 551 g/mol. The van der Waals surface area contributed by atoms with Gasteiger partial charge in [-0.25, -0.2) is 4.98 Å². The Morgan fingerprint density at radius 1 is 1.05 bits per heavy atom. The number of aliphatic hydroxyl groups excluding tert-OH is 1. The van der Waals surface area contributed by atoms with Gasteiger partial charge in [0.05, 0.1) is 6.10 Å². The van der Waals surface area contributed by atoms with E-state index in [4.69, 9.17) is 0 Å². The molecule has 0 atom stereocenters. The molecule has 2 N–H and O–H groups in total. The SMILES string of the molecule is C=CC(=O)CCC.CC(F)(F)F.CC/C=C(\CC)c1c(N2CCC(O)CC2)ccnc1Nc1ccc(C)cc1.CCCC. The molecule has 242 valence electrons. The average molecular weight is 606 g/mol. The van der Waals surface area contributed by atoms with Gasteiger partial charge in [0.1, 0.15) is 5.82 Å². The molecule has 3 rings (SSSR count). The Morgan fingerprint density at radius 3 is 2.02 bits per heavy atom. The number of aromatic nitrogens is 1. The Bertz CT molecular complexity index is 1070. The van der Waals surface area contributed by atoms with Gasteiger partial charge in [0.25, 0.3) is 0 Å². The van der Waals surface area contributed by atoms with Crippen LogP contribution in [0.3, 0.4) is 0 Å². The molecule has 0 amide bonds. The van der Waals surface area contributed by atoms with Crippen molar-refractivity contribution in [2.24, 2.45) is 0 Å². The standard InChI is InChI=1S/C23H31N3O.C6H10O.C4H10.C2H3F3/c1-4-6-18(5-2)22-21(26-15-12-20(27)13-16-26)11-14-24-23(22)25-19-9-7-17(3)8-10-19;1-3-5-6(7)4-2;1-3-4-2;1-2(3,4)5/h6-11,14,20,27H,4-5,12-13,15-16H2,1-3H3,(H,24,25);4H,2-3,5H2,1H3;3-4H2,1-2H3;1H3/b18-6+;;;. The van der Waals surface area contributed by atoms with Gasteiger partial charge in [-0.3, -0.25) is 4.79 Å². The fourth-order valence-corrected chi connectivity index (χ4v) is 4.02. The van der Waals surface area contributed by atoms with Crippen LogP contribution in [0.15, 0.2) is 55.3 Å². The van der Waals surface area contributed by atoms with Crippen LogP contribution in [0.25, 0.3) is 5.57 Å². The third-order valence-electron chi connectivity index (χ3n) is 6.43. The minimum atomic E-state index is -4.00. The van der Waals surface area contributed by atoms with Crippen LogP contribution < -0.4 is 10.2 Å². The highest BCUT2D eigenvalue weighted by Gasteiger charge is 2.22. The molecule has 1 fully saturated rings. The number of aliphatic hydroxyl groups is 1. The zero-order valence-electron chi connectivity index (χ0n) is 27.4. The number of unbranched alkanes of at least 4 members (excludes halogenated alkanes) is 1. The van der Waals surface area contributed by atoms with Crippen molar-refractivity contribution >= 4 is 28.5 Å². The topological polar surface area (TPSA) is 65.5 Å². The van der Waals surface area contributed by atoms with E-state index in [1.54, 1.807) is 0 Å². The second-order valence-electron chi connectivity index (χ2n) is 10.5. The second kappa shape index (κ2) is 22.4. The molecule has 0 unspecified atom stereocenters.